The second-order valence-corrected chi connectivity index (χ2v) is 4.56. The fourth-order valence-electron chi connectivity index (χ4n) is 2.17. The average Bonchev–Trinajstić information content (AvgIpc) is 2.62. The molecule has 5 heteroatoms. The minimum absolute atomic E-state index is 0.389. The third-order valence-corrected chi connectivity index (χ3v) is 3.20. The van der Waals surface area contributed by atoms with Crippen molar-refractivity contribution in [1.29, 1.82) is 0 Å². The molecule has 5 nitrogen and oxygen atoms in total. The van der Waals surface area contributed by atoms with Gasteiger partial charge in [0.05, 0.1) is 12.6 Å². The molecule has 1 atom stereocenters. The van der Waals surface area contributed by atoms with E-state index in [1.54, 1.807) is 0 Å². The first kappa shape index (κ1) is 12.4. The van der Waals surface area contributed by atoms with Crippen molar-refractivity contribution in [3.8, 4) is 0 Å². The van der Waals surface area contributed by atoms with Crippen molar-refractivity contribution in [2.75, 3.05) is 32.0 Å². The molecule has 1 aliphatic rings. The monoisotopic (exact) mass is 238 g/mol. The van der Waals surface area contributed by atoms with E-state index in [0.29, 0.717) is 11.9 Å². The first-order valence-corrected chi connectivity index (χ1v) is 6.41. The molecule has 0 bridgehead atoms. The SMILES string of the molecule is CCC1CN(CCn2ccc(N)n2)CCCO1. The van der Waals surface area contributed by atoms with Crippen LogP contribution in [0.2, 0.25) is 0 Å². The first-order valence-electron chi connectivity index (χ1n) is 6.41. The van der Waals surface area contributed by atoms with Crippen molar-refractivity contribution in [2.24, 2.45) is 0 Å². The number of nitrogens with two attached hydrogens (primary N) is 1. The van der Waals surface area contributed by atoms with Gasteiger partial charge in [-0.1, -0.05) is 6.92 Å². The second kappa shape index (κ2) is 6.02. The summed E-state index contributed by atoms with van der Waals surface area (Å²) < 4.78 is 7.66. The van der Waals surface area contributed by atoms with E-state index in [9.17, 15) is 0 Å². The molecule has 1 aromatic rings. The standard InChI is InChI=1S/C12H22N4O/c1-2-11-10-15(5-3-9-17-11)7-8-16-6-4-12(13)14-16/h4,6,11H,2-3,5,7-10H2,1H3,(H2,13,14). The van der Waals surface area contributed by atoms with Crippen LogP contribution >= 0.6 is 0 Å². The van der Waals surface area contributed by atoms with E-state index in [2.05, 4.69) is 16.9 Å². The highest BCUT2D eigenvalue weighted by molar-refractivity contribution is 5.23. The number of nitrogens with zero attached hydrogens (tertiary/aromatic N) is 3. The molecule has 0 saturated carbocycles. The molecule has 0 radical (unpaired) electrons. The predicted molar refractivity (Wildman–Crippen MR) is 67.7 cm³/mol. The highest BCUT2D eigenvalue weighted by Crippen LogP contribution is 2.08. The van der Waals surface area contributed by atoms with E-state index in [4.69, 9.17) is 10.5 Å². The molecular formula is C12H22N4O. The number of hydrogen-bond donors (Lipinski definition) is 1. The van der Waals surface area contributed by atoms with Crippen LogP contribution in [0.1, 0.15) is 19.8 Å². The van der Waals surface area contributed by atoms with Crippen LogP contribution in [0.5, 0.6) is 0 Å². The predicted octanol–water partition coefficient (Wildman–Crippen LogP) is 0.966. The van der Waals surface area contributed by atoms with E-state index in [1.165, 1.54) is 0 Å². The van der Waals surface area contributed by atoms with Gasteiger partial charge in [0.2, 0.25) is 0 Å². The highest BCUT2D eigenvalue weighted by atomic mass is 16.5. The minimum atomic E-state index is 0.389. The van der Waals surface area contributed by atoms with Crippen molar-refractivity contribution >= 4 is 5.82 Å². The molecule has 2 N–H and O–H groups in total. The Morgan fingerprint density at radius 3 is 3.12 bits per heavy atom. The largest absolute Gasteiger partial charge is 0.382 e. The fraction of sp³-hybridized carbons (Fsp3) is 0.750. The number of anilines is 1. The summed E-state index contributed by atoms with van der Waals surface area (Å²) in [7, 11) is 0. The topological polar surface area (TPSA) is 56.3 Å². The van der Waals surface area contributed by atoms with E-state index >= 15 is 0 Å². The van der Waals surface area contributed by atoms with E-state index in [1.807, 2.05) is 16.9 Å². The Morgan fingerprint density at radius 1 is 1.53 bits per heavy atom. The van der Waals surface area contributed by atoms with Crippen LogP contribution in [0.4, 0.5) is 5.82 Å². The zero-order valence-corrected chi connectivity index (χ0v) is 10.5. The number of nitrogen functional groups attached to an aromatic ring is 1. The zero-order chi connectivity index (χ0) is 12.1. The van der Waals surface area contributed by atoms with Gasteiger partial charge in [-0.3, -0.25) is 9.58 Å². The lowest BCUT2D eigenvalue weighted by molar-refractivity contribution is 0.0514. The fourth-order valence-corrected chi connectivity index (χ4v) is 2.17. The summed E-state index contributed by atoms with van der Waals surface area (Å²) in [4.78, 5) is 2.46. The van der Waals surface area contributed by atoms with Crippen LogP contribution < -0.4 is 5.73 Å². The Balaban J connectivity index is 1.81. The third-order valence-electron chi connectivity index (χ3n) is 3.20. The van der Waals surface area contributed by atoms with Crippen molar-refractivity contribution in [2.45, 2.75) is 32.4 Å². The summed E-state index contributed by atoms with van der Waals surface area (Å²) in [6, 6.07) is 1.83. The van der Waals surface area contributed by atoms with Gasteiger partial charge in [-0.25, -0.2) is 0 Å². The summed E-state index contributed by atoms with van der Waals surface area (Å²) in [5, 5.41) is 4.19. The molecule has 17 heavy (non-hydrogen) atoms. The maximum atomic E-state index is 5.75. The van der Waals surface area contributed by atoms with Crippen LogP contribution in [-0.4, -0.2) is 47.0 Å². The van der Waals surface area contributed by atoms with Crippen LogP contribution in [-0.2, 0) is 11.3 Å². The highest BCUT2D eigenvalue weighted by Gasteiger charge is 2.16. The molecule has 2 heterocycles. The molecule has 96 valence electrons. The van der Waals surface area contributed by atoms with E-state index < -0.39 is 0 Å². The smallest absolute Gasteiger partial charge is 0.145 e. The van der Waals surface area contributed by atoms with Gasteiger partial charge in [-0.15, -0.1) is 0 Å². The van der Waals surface area contributed by atoms with E-state index in [0.717, 1.165) is 45.6 Å². The van der Waals surface area contributed by atoms with Crippen LogP contribution in [0, 0.1) is 0 Å². The Bertz CT molecular complexity index is 339. The molecule has 0 spiro atoms. The molecule has 1 fully saturated rings. The summed E-state index contributed by atoms with van der Waals surface area (Å²) in [5.74, 6) is 0.593. The van der Waals surface area contributed by atoms with Gasteiger partial charge in [0.25, 0.3) is 0 Å². The summed E-state index contributed by atoms with van der Waals surface area (Å²) in [6.45, 7) is 7.14. The molecule has 1 aliphatic heterocycles. The Hall–Kier alpha value is -1.07. The first-order chi connectivity index (χ1) is 8.28. The summed E-state index contributed by atoms with van der Waals surface area (Å²) >= 11 is 0. The quantitative estimate of drug-likeness (QED) is 0.849. The molecule has 0 amide bonds. The average molecular weight is 238 g/mol. The lowest BCUT2D eigenvalue weighted by Crippen LogP contribution is -2.34. The number of rotatable bonds is 4. The van der Waals surface area contributed by atoms with Gasteiger partial charge < -0.3 is 10.5 Å². The summed E-state index contributed by atoms with van der Waals surface area (Å²) in [6.07, 6.45) is 4.53. The molecule has 0 aromatic carbocycles. The van der Waals surface area contributed by atoms with Gasteiger partial charge in [0.15, 0.2) is 0 Å². The Kier molecular flexibility index (Phi) is 4.39. The lowest BCUT2D eigenvalue weighted by atomic mass is 10.2. The maximum Gasteiger partial charge on any atom is 0.145 e. The third kappa shape index (κ3) is 3.71. The molecule has 1 saturated heterocycles. The molecule has 1 aromatic heterocycles. The van der Waals surface area contributed by atoms with Gasteiger partial charge in [-0.05, 0) is 18.9 Å². The van der Waals surface area contributed by atoms with Gasteiger partial charge >= 0.3 is 0 Å². The number of ether oxygens (including phenoxy) is 1. The summed E-state index contributed by atoms with van der Waals surface area (Å²) in [5.41, 5.74) is 5.59. The lowest BCUT2D eigenvalue weighted by Gasteiger charge is -2.22. The zero-order valence-electron chi connectivity index (χ0n) is 10.5. The van der Waals surface area contributed by atoms with E-state index in [-0.39, 0.29) is 0 Å². The Labute approximate surface area is 103 Å². The molecule has 2 rings (SSSR count). The van der Waals surface area contributed by atoms with Gasteiger partial charge in [-0.2, -0.15) is 5.10 Å². The van der Waals surface area contributed by atoms with Crippen molar-refractivity contribution in [3.05, 3.63) is 12.3 Å². The number of hydrogen-bond acceptors (Lipinski definition) is 4. The van der Waals surface area contributed by atoms with Crippen molar-refractivity contribution in [1.82, 2.24) is 14.7 Å². The maximum absolute atomic E-state index is 5.75. The van der Waals surface area contributed by atoms with Crippen LogP contribution in [0.3, 0.4) is 0 Å². The van der Waals surface area contributed by atoms with Gasteiger partial charge in [0.1, 0.15) is 5.82 Å². The van der Waals surface area contributed by atoms with Gasteiger partial charge in [0, 0.05) is 32.4 Å². The minimum Gasteiger partial charge on any atom is -0.382 e. The number of aromatic nitrogens is 2. The van der Waals surface area contributed by atoms with Crippen molar-refractivity contribution < 1.29 is 4.74 Å². The molecule has 1 unspecified atom stereocenters. The molecule has 0 aliphatic carbocycles. The van der Waals surface area contributed by atoms with Crippen LogP contribution in [0.15, 0.2) is 12.3 Å². The second-order valence-electron chi connectivity index (χ2n) is 4.56. The Morgan fingerprint density at radius 2 is 2.41 bits per heavy atom. The molecular weight excluding hydrogens is 216 g/mol. The normalized spacial score (nSPS) is 22.5. The van der Waals surface area contributed by atoms with Crippen LogP contribution in [0.25, 0.3) is 0 Å². The van der Waals surface area contributed by atoms with Crippen molar-refractivity contribution in [3.63, 3.8) is 0 Å².